The molecule has 4 heteroatoms. The minimum absolute atomic E-state index is 0.275. The molecule has 0 aromatic carbocycles. The van der Waals surface area contributed by atoms with Crippen LogP contribution in [0.3, 0.4) is 0 Å². The minimum Gasteiger partial charge on any atom is -0.353 e. The summed E-state index contributed by atoms with van der Waals surface area (Å²) in [6.45, 7) is 0. The molecule has 0 aromatic rings. The third-order valence-electron chi connectivity index (χ3n) is 12.8. The van der Waals surface area contributed by atoms with Gasteiger partial charge in [-0.1, -0.05) is 64.2 Å². The molecule has 2 N–H and O–H groups in total. The summed E-state index contributed by atoms with van der Waals surface area (Å²) in [5.74, 6) is 4.92. The molecule has 0 aliphatic heterocycles. The third kappa shape index (κ3) is 4.06. The molecule has 36 heavy (non-hydrogen) atoms. The second-order valence-electron chi connectivity index (χ2n) is 15.0. The highest BCUT2D eigenvalue weighted by molar-refractivity contribution is 5.88. The molecular formula is C32H50N2O2. The molecule has 4 bridgehead atoms. The average Bonchev–Trinajstić information content (AvgIpc) is 2.88. The van der Waals surface area contributed by atoms with Crippen molar-refractivity contribution in [2.75, 3.05) is 0 Å². The van der Waals surface area contributed by atoms with E-state index in [9.17, 15) is 9.59 Å². The van der Waals surface area contributed by atoms with Crippen LogP contribution >= 0.6 is 0 Å². The summed E-state index contributed by atoms with van der Waals surface area (Å²) in [4.78, 5) is 28.3. The lowest BCUT2D eigenvalue weighted by Crippen LogP contribution is -2.63. The summed E-state index contributed by atoms with van der Waals surface area (Å²) >= 11 is 0. The Kier molecular flexibility index (Phi) is 6.20. The van der Waals surface area contributed by atoms with Crippen LogP contribution in [0.4, 0.5) is 0 Å². The van der Waals surface area contributed by atoms with Crippen molar-refractivity contribution in [3.63, 3.8) is 0 Å². The maximum Gasteiger partial charge on any atom is 0.226 e. The first-order valence-electron chi connectivity index (χ1n) is 16.2. The van der Waals surface area contributed by atoms with Gasteiger partial charge in [-0.25, -0.2) is 0 Å². The predicted octanol–water partition coefficient (Wildman–Crippen LogP) is 6.52. The SMILES string of the molecule is O=C(NC1CCCC2CCCCC21)C12CC3CC(C1)CC(C(=O)NC1CCCC4CCCCC41)(C3)C2. The van der Waals surface area contributed by atoms with Crippen molar-refractivity contribution in [3.8, 4) is 0 Å². The average molecular weight is 495 g/mol. The second-order valence-corrected chi connectivity index (χ2v) is 15.0. The van der Waals surface area contributed by atoms with Crippen LogP contribution in [0.2, 0.25) is 0 Å². The van der Waals surface area contributed by atoms with Crippen LogP contribution < -0.4 is 10.6 Å². The highest BCUT2D eigenvalue weighted by Gasteiger charge is 2.63. The Morgan fingerprint density at radius 1 is 0.528 bits per heavy atom. The molecule has 0 spiro atoms. The summed E-state index contributed by atoms with van der Waals surface area (Å²) in [5.41, 5.74) is -0.550. The first-order chi connectivity index (χ1) is 17.5. The third-order valence-corrected chi connectivity index (χ3v) is 12.8. The van der Waals surface area contributed by atoms with Crippen molar-refractivity contribution < 1.29 is 9.59 Å². The lowest BCUT2D eigenvalue weighted by Gasteiger charge is -2.61. The quantitative estimate of drug-likeness (QED) is 0.467. The molecule has 2 amide bonds. The van der Waals surface area contributed by atoms with Crippen LogP contribution in [0.25, 0.3) is 0 Å². The Morgan fingerprint density at radius 2 is 0.944 bits per heavy atom. The normalized spacial score (nSPS) is 49.6. The van der Waals surface area contributed by atoms with Crippen molar-refractivity contribution in [2.24, 2.45) is 46.3 Å². The molecule has 0 aromatic heterocycles. The molecule has 8 rings (SSSR count). The fraction of sp³-hybridized carbons (Fsp3) is 0.938. The number of hydrogen-bond donors (Lipinski definition) is 2. The zero-order valence-electron chi connectivity index (χ0n) is 22.6. The smallest absolute Gasteiger partial charge is 0.226 e. The molecular weight excluding hydrogens is 444 g/mol. The first-order valence-corrected chi connectivity index (χ1v) is 16.2. The predicted molar refractivity (Wildman–Crippen MR) is 142 cm³/mol. The van der Waals surface area contributed by atoms with Gasteiger partial charge in [0.1, 0.15) is 0 Å². The van der Waals surface area contributed by atoms with Gasteiger partial charge in [0.2, 0.25) is 11.8 Å². The monoisotopic (exact) mass is 494 g/mol. The largest absolute Gasteiger partial charge is 0.353 e. The number of amides is 2. The van der Waals surface area contributed by atoms with Gasteiger partial charge < -0.3 is 10.6 Å². The van der Waals surface area contributed by atoms with Gasteiger partial charge in [0.25, 0.3) is 0 Å². The van der Waals surface area contributed by atoms with Gasteiger partial charge in [0, 0.05) is 12.1 Å². The van der Waals surface area contributed by atoms with Gasteiger partial charge in [-0.3, -0.25) is 9.59 Å². The number of hydrogen-bond acceptors (Lipinski definition) is 2. The number of rotatable bonds is 4. The standard InChI is InChI=1S/C32H50N2O2/c35-29(33-27-13-5-9-23-7-1-3-11-25(23)27)31-16-21-15-22(17-31)19-32(18-21,20-31)30(36)34-28-14-6-10-24-8-2-4-12-26(24)28/h21-28H,1-20H2,(H,33,35)(H,34,36). The van der Waals surface area contributed by atoms with Gasteiger partial charge in [-0.05, 0) is 99.7 Å². The minimum atomic E-state index is -0.275. The number of carbonyl (C=O) groups excluding carboxylic acids is 2. The molecule has 200 valence electrons. The number of carbonyl (C=O) groups is 2. The molecule has 8 aliphatic rings. The molecule has 8 fully saturated rings. The molecule has 0 heterocycles. The molecule has 6 atom stereocenters. The highest BCUT2D eigenvalue weighted by atomic mass is 16.2. The van der Waals surface area contributed by atoms with Crippen molar-refractivity contribution >= 4 is 11.8 Å². The topological polar surface area (TPSA) is 58.2 Å². The van der Waals surface area contributed by atoms with Crippen molar-refractivity contribution in [2.45, 2.75) is 141 Å². The summed E-state index contributed by atoms with van der Waals surface area (Å²) in [7, 11) is 0. The van der Waals surface area contributed by atoms with E-state index in [0.29, 0.717) is 47.6 Å². The summed E-state index contributed by atoms with van der Waals surface area (Å²) < 4.78 is 0. The van der Waals surface area contributed by atoms with E-state index in [0.717, 1.165) is 43.9 Å². The van der Waals surface area contributed by atoms with Crippen molar-refractivity contribution in [1.82, 2.24) is 10.6 Å². The van der Waals surface area contributed by atoms with E-state index in [4.69, 9.17) is 0 Å². The van der Waals surface area contributed by atoms with Gasteiger partial charge in [0.15, 0.2) is 0 Å². The van der Waals surface area contributed by atoms with Crippen LogP contribution in [0, 0.1) is 46.3 Å². The van der Waals surface area contributed by atoms with E-state index in [-0.39, 0.29) is 10.8 Å². The van der Waals surface area contributed by atoms with Crippen LogP contribution in [0.1, 0.15) is 128 Å². The van der Waals surface area contributed by atoms with E-state index in [2.05, 4.69) is 10.6 Å². The molecule has 0 radical (unpaired) electrons. The lowest BCUT2D eigenvalue weighted by molar-refractivity contribution is -0.169. The zero-order valence-corrected chi connectivity index (χ0v) is 22.6. The second kappa shape index (κ2) is 9.30. The molecule has 4 nitrogen and oxygen atoms in total. The fourth-order valence-corrected chi connectivity index (χ4v) is 11.7. The van der Waals surface area contributed by atoms with E-state index in [1.165, 1.54) is 96.3 Å². The van der Waals surface area contributed by atoms with E-state index >= 15 is 0 Å². The number of fused-ring (bicyclic) bond motifs is 2. The van der Waals surface area contributed by atoms with E-state index < -0.39 is 0 Å². The Balaban J connectivity index is 1.08. The molecule has 8 aliphatic carbocycles. The van der Waals surface area contributed by atoms with Crippen LogP contribution in [0.15, 0.2) is 0 Å². The van der Waals surface area contributed by atoms with Crippen molar-refractivity contribution in [1.29, 1.82) is 0 Å². The summed E-state index contributed by atoms with van der Waals surface area (Å²) in [6.07, 6.45) is 24.7. The van der Waals surface area contributed by atoms with Gasteiger partial charge >= 0.3 is 0 Å². The Labute approximate surface area is 218 Å². The highest BCUT2D eigenvalue weighted by Crippen LogP contribution is 2.65. The molecule has 8 saturated carbocycles. The van der Waals surface area contributed by atoms with Gasteiger partial charge in [-0.2, -0.15) is 0 Å². The van der Waals surface area contributed by atoms with Gasteiger partial charge in [0.05, 0.1) is 10.8 Å². The van der Waals surface area contributed by atoms with Gasteiger partial charge in [-0.15, -0.1) is 0 Å². The number of nitrogens with one attached hydrogen (secondary N) is 2. The summed E-state index contributed by atoms with van der Waals surface area (Å²) in [6, 6.07) is 0.777. The molecule has 6 unspecified atom stereocenters. The van der Waals surface area contributed by atoms with Crippen LogP contribution in [-0.4, -0.2) is 23.9 Å². The summed E-state index contributed by atoms with van der Waals surface area (Å²) in [5, 5.41) is 7.36. The van der Waals surface area contributed by atoms with Crippen LogP contribution in [-0.2, 0) is 9.59 Å². The van der Waals surface area contributed by atoms with E-state index in [1.807, 2.05) is 0 Å². The van der Waals surface area contributed by atoms with E-state index in [1.54, 1.807) is 0 Å². The lowest BCUT2D eigenvalue weighted by atomic mass is 9.43. The zero-order chi connectivity index (χ0) is 24.3. The first kappa shape index (κ1) is 24.0. The Morgan fingerprint density at radius 3 is 1.42 bits per heavy atom. The van der Waals surface area contributed by atoms with Crippen LogP contribution in [0.5, 0.6) is 0 Å². The fourth-order valence-electron chi connectivity index (χ4n) is 11.7. The Hall–Kier alpha value is -1.06. The maximum atomic E-state index is 14.1. The maximum absolute atomic E-state index is 14.1. The molecule has 0 saturated heterocycles. The van der Waals surface area contributed by atoms with Crippen molar-refractivity contribution in [3.05, 3.63) is 0 Å². The Bertz CT molecular complexity index is 784.